The third-order valence-corrected chi connectivity index (χ3v) is 3.48. The van der Waals surface area contributed by atoms with Gasteiger partial charge in [-0.15, -0.1) is 12.4 Å². The van der Waals surface area contributed by atoms with Gasteiger partial charge in [0, 0.05) is 25.5 Å². The predicted octanol–water partition coefficient (Wildman–Crippen LogP) is 2.60. The predicted molar refractivity (Wildman–Crippen MR) is 86.9 cm³/mol. The Balaban J connectivity index is 0.00000200. The van der Waals surface area contributed by atoms with Crippen molar-refractivity contribution in [1.82, 2.24) is 4.90 Å². The minimum atomic E-state index is 0. The van der Waals surface area contributed by atoms with Crippen LogP contribution in [0.25, 0.3) is 0 Å². The molecule has 5 heteroatoms. The van der Waals surface area contributed by atoms with Gasteiger partial charge >= 0.3 is 0 Å². The maximum atomic E-state index is 11.9. The van der Waals surface area contributed by atoms with Gasteiger partial charge in [-0.2, -0.15) is 0 Å². The fourth-order valence-electron chi connectivity index (χ4n) is 2.36. The summed E-state index contributed by atoms with van der Waals surface area (Å²) < 4.78 is 0. The summed E-state index contributed by atoms with van der Waals surface area (Å²) in [7, 11) is 4.01. The molecule has 0 bridgehead atoms. The lowest BCUT2D eigenvalue weighted by molar-refractivity contribution is -0.117. The molecule has 1 aromatic rings. The first kappa shape index (κ1) is 16.8. The molecule has 4 nitrogen and oxygen atoms in total. The van der Waals surface area contributed by atoms with Crippen LogP contribution in [0.2, 0.25) is 0 Å². The summed E-state index contributed by atoms with van der Waals surface area (Å²) >= 11 is 0. The molecule has 0 unspecified atom stereocenters. The number of halogens is 1. The second-order valence-corrected chi connectivity index (χ2v) is 5.33. The molecule has 1 fully saturated rings. The van der Waals surface area contributed by atoms with Crippen LogP contribution in [0, 0.1) is 0 Å². The molecule has 1 N–H and O–H groups in total. The van der Waals surface area contributed by atoms with Gasteiger partial charge in [-0.1, -0.05) is 6.42 Å². The van der Waals surface area contributed by atoms with Gasteiger partial charge < -0.3 is 10.2 Å². The van der Waals surface area contributed by atoms with E-state index < -0.39 is 0 Å². The third-order valence-electron chi connectivity index (χ3n) is 3.48. The Morgan fingerprint density at radius 1 is 1.15 bits per heavy atom. The van der Waals surface area contributed by atoms with Gasteiger partial charge in [0.15, 0.2) is 0 Å². The van der Waals surface area contributed by atoms with E-state index in [4.69, 9.17) is 0 Å². The average molecular weight is 298 g/mol. The molecular weight excluding hydrogens is 274 g/mol. The van der Waals surface area contributed by atoms with Crippen LogP contribution in [0.15, 0.2) is 24.3 Å². The molecule has 1 aromatic carbocycles. The molecule has 1 aliphatic rings. The molecule has 1 heterocycles. The number of nitrogens with zero attached hydrogens (tertiary/aromatic N) is 2. The molecule has 1 saturated heterocycles. The van der Waals surface area contributed by atoms with Crippen molar-refractivity contribution in [2.45, 2.75) is 19.3 Å². The van der Waals surface area contributed by atoms with Crippen LogP contribution in [0.4, 0.5) is 11.4 Å². The molecule has 0 saturated carbocycles. The van der Waals surface area contributed by atoms with Gasteiger partial charge in [0.1, 0.15) is 0 Å². The molecule has 20 heavy (non-hydrogen) atoms. The van der Waals surface area contributed by atoms with E-state index >= 15 is 0 Å². The van der Waals surface area contributed by atoms with Crippen LogP contribution < -0.4 is 10.2 Å². The first-order valence-electron chi connectivity index (χ1n) is 6.95. The van der Waals surface area contributed by atoms with Crippen LogP contribution in [0.3, 0.4) is 0 Å². The third kappa shape index (κ3) is 5.02. The summed E-state index contributed by atoms with van der Waals surface area (Å²) in [6, 6.07) is 7.92. The van der Waals surface area contributed by atoms with Crippen LogP contribution in [-0.4, -0.2) is 44.5 Å². The van der Waals surface area contributed by atoms with Crippen molar-refractivity contribution < 1.29 is 4.79 Å². The van der Waals surface area contributed by atoms with Gasteiger partial charge in [-0.3, -0.25) is 9.69 Å². The SMILES string of the molecule is CN(C)c1ccc(NC(=O)CN2CCCCC2)cc1.Cl. The van der Waals surface area contributed by atoms with E-state index in [2.05, 4.69) is 10.2 Å². The lowest BCUT2D eigenvalue weighted by Gasteiger charge is -2.25. The average Bonchev–Trinajstić information content (AvgIpc) is 2.40. The largest absolute Gasteiger partial charge is 0.378 e. The van der Waals surface area contributed by atoms with Gasteiger partial charge in [0.05, 0.1) is 6.54 Å². The standard InChI is InChI=1S/C15H23N3O.ClH/c1-17(2)14-8-6-13(7-9-14)16-15(19)12-18-10-4-3-5-11-18;/h6-9H,3-5,10-12H2,1-2H3,(H,16,19);1H. The summed E-state index contributed by atoms with van der Waals surface area (Å²) in [5.74, 6) is 0.0829. The van der Waals surface area contributed by atoms with E-state index in [1.165, 1.54) is 19.3 Å². The van der Waals surface area contributed by atoms with E-state index in [-0.39, 0.29) is 18.3 Å². The highest BCUT2D eigenvalue weighted by molar-refractivity contribution is 5.92. The second kappa shape index (κ2) is 8.12. The summed E-state index contributed by atoms with van der Waals surface area (Å²) in [5.41, 5.74) is 2.00. The number of hydrogen-bond donors (Lipinski definition) is 1. The number of anilines is 2. The number of likely N-dealkylation sites (tertiary alicyclic amines) is 1. The molecule has 0 aromatic heterocycles. The maximum Gasteiger partial charge on any atom is 0.238 e. The molecule has 0 aliphatic carbocycles. The van der Waals surface area contributed by atoms with Gasteiger partial charge in [0.25, 0.3) is 0 Å². The summed E-state index contributed by atoms with van der Waals surface area (Å²) in [5, 5.41) is 2.96. The van der Waals surface area contributed by atoms with Crippen molar-refractivity contribution in [3.63, 3.8) is 0 Å². The normalized spacial score (nSPS) is 15.3. The minimum absolute atomic E-state index is 0. The molecule has 0 atom stereocenters. The van der Waals surface area contributed by atoms with Crippen molar-refractivity contribution in [3.05, 3.63) is 24.3 Å². The number of piperidine rings is 1. The molecule has 1 amide bonds. The number of carbonyl (C=O) groups is 1. The number of rotatable bonds is 4. The van der Waals surface area contributed by atoms with E-state index in [1.807, 2.05) is 43.3 Å². The zero-order valence-electron chi connectivity index (χ0n) is 12.3. The van der Waals surface area contributed by atoms with Crippen molar-refractivity contribution >= 4 is 29.7 Å². The first-order chi connectivity index (χ1) is 9.15. The van der Waals surface area contributed by atoms with Gasteiger partial charge in [-0.25, -0.2) is 0 Å². The Morgan fingerprint density at radius 3 is 2.30 bits per heavy atom. The van der Waals surface area contributed by atoms with Gasteiger partial charge in [0.2, 0.25) is 5.91 Å². The van der Waals surface area contributed by atoms with Crippen molar-refractivity contribution in [1.29, 1.82) is 0 Å². The van der Waals surface area contributed by atoms with E-state index in [0.717, 1.165) is 24.5 Å². The number of nitrogens with one attached hydrogen (secondary N) is 1. The van der Waals surface area contributed by atoms with E-state index in [0.29, 0.717) is 6.54 Å². The highest BCUT2D eigenvalue weighted by Gasteiger charge is 2.13. The van der Waals surface area contributed by atoms with Crippen LogP contribution in [0.1, 0.15) is 19.3 Å². The van der Waals surface area contributed by atoms with E-state index in [1.54, 1.807) is 0 Å². The monoisotopic (exact) mass is 297 g/mol. The van der Waals surface area contributed by atoms with Crippen molar-refractivity contribution in [3.8, 4) is 0 Å². The molecular formula is C15H24ClN3O. The number of benzene rings is 1. The van der Waals surface area contributed by atoms with Gasteiger partial charge in [-0.05, 0) is 50.2 Å². The fourth-order valence-corrected chi connectivity index (χ4v) is 2.36. The molecule has 0 spiro atoms. The number of carbonyl (C=O) groups excluding carboxylic acids is 1. The Hall–Kier alpha value is -1.26. The summed E-state index contributed by atoms with van der Waals surface area (Å²) in [4.78, 5) is 16.2. The van der Waals surface area contributed by atoms with Crippen LogP contribution >= 0.6 is 12.4 Å². The smallest absolute Gasteiger partial charge is 0.238 e. The quantitative estimate of drug-likeness (QED) is 0.928. The maximum absolute atomic E-state index is 11.9. The van der Waals surface area contributed by atoms with Crippen LogP contribution in [-0.2, 0) is 4.79 Å². The molecule has 1 aliphatic heterocycles. The Labute approximate surface area is 127 Å². The second-order valence-electron chi connectivity index (χ2n) is 5.33. The van der Waals surface area contributed by atoms with Crippen molar-refractivity contribution in [2.24, 2.45) is 0 Å². The summed E-state index contributed by atoms with van der Waals surface area (Å²) in [6.07, 6.45) is 3.72. The molecule has 112 valence electrons. The highest BCUT2D eigenvalue weighted by atomic mass is 35.5. The first-order valence-corrected chi connectivity index (χ1v) is 6.95. The zero-order valence-corrected chi connectivity index (χ0v) is 13.1. The molecule has 0 radical (unpaired) electrons. The highest BCUT2D eigenvalue weighted by Crippen LogP contribution is 2.16. The lowest BCUT2D eigenvalue weighted by Crippen LogP contribution is -2.36. The Kier molecular flexibility index (Phi) is 6.82. The number of amides is 1. The Bertz CT molecular complexity index is 414. The zero-order chi connectivity index (χ0) is 13.7. The molecule has 2 rings (SSSR count). The minimum Gasteiger partial charge on any atom is -0.378 e. The number of hydrogen-bond acceptors (Lipinski definition) is 3. The van der Waals surface area contributed by atoms with E-state index in [9.17, 15) is 4.79 Å². The summed E-state index contributed by atoms with van der Waals surface area (Å²) in [6.45, 7) is 2.61. The topological polar surface area (TPSA) is 35.6 Å². The lowest BCUT2D eigenvalue weighted by atomic mass is 10.1. The fraction of sp³-hybridized carbons (Fsp3) is 0.533. The Morgan fingerprint density at radius 2 is 1.75 bits per heavy atom. The van der Waals surface area contributed by atoms with Crippen molar-refractivity contribution in [2.75, 3.05) is 43.9 Å². The van der Waals surface area contributed by atoms with Crippen LogP contribution in [0.5, 0.6) is 0 Å².